The fraction of sp³-hybridized carbons (Fsp3) is 0.421. The second-order valence-corrected chi connectivity index (χ2v) is 6.72. The lowest BCUT2D eigenvalue weighted by Crippen LogP contribution is -2.38. The predicted octanol–water partition coefficient (Wildman–Crippen LogP) is 2.86. The standard InChI is InChI=1S/C19H22N4O3/c1-13-5-8-23(9-6-13)18(24)15-4-7-20-19(22-15)21-14-2-3-16-17(12-14)26-11-10-25-16/h2-4,7,12-13H,5-6,8-11H2,1H3,(H,20,21,22). The zero-order chi connectivity index (χ0) is 17.9. The SMILES string of the molecule is CC1CCN(C(=O)c2ccnc(Nc3ccc4c(c3)OCCO4)n2)CC1. The molecule has 0 spiro atoms. The molecular formula is C19H22N4O3. The van der Waals surface area contributed by atoms with Gasteiger partial charge in [-0.2, -0.15) is 0 Å². The van der Waals surface area contributed by atoms with Crippen molar-refractivity contribution in [2.75, 3.05) is 31.6 Å². The van der Waals surface area contributed by atoms with Crippen LogP contribution < -0.4 is 14.8 Å². The van der Waals surface area contributed by atoms with E-state index in [2.05, 4.69) is 22.2 Å². The van der Waals surface area contributed by atoms with Gasteiger partial charge in [0.05, 0.1) is 0 Å². The Morgan fingerprint density at radius 1 is 1.15 bits per heavy atom. The Bertz CT molecular complexity index is 803. The van der Waals surface area contributed by atoms with E-state index in [0.717, 1.165) is 37.4 Å². The predicted molar refractivity (Wildman–Crippen MR) is 97.0 cm³/mol. The van der Waals surface area contributed by atoms with Crippen molar-refractivity contribution in [3.05, 3.63) is 36.2 Å². The summed E-state index contributed by atoms with van der Waals surface area (Å²) in [5.41, 5.74) is 1.19. The van der Waals surface area contributed by atoms with Gasteiger partial charge in [0.1, 0.15) is 18.9 Å². The third-order valence-electron chi connectivity index (χ3n) is 4.74. The number of rotatable bonds is 3. The second kappa shape index (κ2) is 7.19. The van der Waals surface area contributed by atoms with Crippen LogP contribution in [0.2, 0.25) is 0 Å². The molecule has 0 aliphatic carbocycles. The molecule has 1 saturated heterocycles. The highest BCUT2D eigenvalue weighted by Crippen LogP contribution is 2.33. The summed E-state index contributed by atoms with van der Waals surface area (Å²) in [6.07, 6.45) is 3.69. The first-order valence-electron chi connectivity index (χ1n) is 8.98. The molecule has 2 aliphatic heterocycles. The topological polar surface area (TPSA) is 76.6 Å². The molecule has 2 aliphatic rings. The molecule has 0 bridgehead atoms. The second-order valence-electron chi connectivity index (χ2n) is 6.72. The molecule has 0 saturated carbocycles. The Hall–Kier alpha value is -2.83. The van der Waals surface area contributed by atoms with E-state index in [0.29, 0.717) is 36.5 Å². The first-order valence-corrected chi connectivity index (χ1v) is 8.98. The zero-order valence-corrected chi connectivity index (χ0v) is 14.8. The molecule has 0 radical (unpaired) electrons. The molecule has 4 rings (SSSR count). The maximum absolute atomic E-state index is 12.7. The molecule has 0 unspecified atom stereocenters. The summed E-state index contributed by atoms with van der Waals surface area (Å²) in [5.74, 6) is 2.45. The van der Waals surface area contributed by atoms with Gasteiger partial charge < -0.3 is 19.7 Å². The molecule has 26 heavy (non-hydrogen) atoms. The van der Waals surface area contributed by atoms with Gasteiger partial charge in [-0.25, -0.2) is 9.97 Å². The lowest BCUT2D eigenvalue weighted by Gasteiger charge is -2.30. The fourth-order valence-corrected chi connectivity index (χ4v) is 3.16. The minimum absolute atomic E-state index is 0.0375. The van der Waals surface area contributed by atoms with Crippen LogP contribution in [0, 0.1) is 5.92 Å². The van der Waals surface area contributed by atoms with E-state index >= 15 is 0 Å². The van der Waals surface area contributed by atoms with Crippen LogP contribution in [0.3, 0.4) is 0 Å². The average Bonchev–Trinajstić information content (AvgIpc) is 2.68. The van der Waals surface area contributed by atoms with Crippen molar-refractivity contribution in [2.24, 2.45) is 5.92 Å². The van der Waals surface area contributed by atoms with Gasteiger partial charge in [-0.05, 0) is 37.0 Å². The van der Waals surface area contributed by atoms with Crippen LogP contribution in [0.25, 0.3) is 0 Å². The van der Waals surface area contributed by atoms with Crippen molar-refractivity contribution in [3.8, 4) is 11.5 Å². The number of aromatic nitrogens is 2. The van der Waals surface area contributed by atoms with Crippen LogP contribution in [0.15, 0.2) is 30.5 Å². The maximum atomic E-state index is 12.7. The van der Waals surface area contributed by atoms with E-state index in [4.69, 9.17) is 9.47 Å². The number of benzene rings is 1. The van der Waals surface area contributed by atoms with Gasteiger partial charge >= 0.3 is 0 Å². The number of carbonyl (C=O) groups excluding carboxylic acids is 1. The van der Waals surface area contributed by atoms with Gasteiger partial charge in [0.15, 0.2) is 11.5 Å². The number of nitrogens with one attached hydrogen (secondary N) is 1. The molecule has 136 valence electrons. The van der Waals surface area contributed by atoms with Gasteiger partial charge in [0, 0.05) is 31.0 Å². The summed E-state index contributed by atoms with van der Waals surface area (Å²) in [5, 5.41) is 3.13. The number of hydrogen-bond donors (Lipinski definition) is 1. The summed E-state index contributed by atoms with van der Waals surface area (Å²) in [6.45, 7) is 4.89. The fourth-order valence-electron chi connectivity index (χ4n) is 3.16. The molecule has 1 fully saturated rings. The lowest BCUT2D eigenvalue weighted by atomic mass is 9.99. The maximum Gasteiger partial charge on any atom is 0.272 e. The first-order chi connectivity index (χ1) is 12.7. The van der Waals surface area contributed by atoms with E-state index in [1.807, 2.05) is 23.1 Å². The molecule has 3 heterocycles. The van der Waals surface area contributed by atoms with Crippen molar-refractivity contribution in [2.45, 2.75) is 19.8 Å². The van der Waals surface area contributed by atoms with Crippen LogP contribution in [-0.2, 0) is 0 Å². The number of likely N-dealkylation sites (tertiary alicyclic amines) is 1. The van der Waals surface area contributed by atoms with Crippen LogP contribution in [0.5, 0.6) is 11.5 Å². The largest absolute Gasteiger partial charge is 0.486 e. The van der Waals surface area contributed by atoms with Crippen molar-refractivity contribution >= 4 is 17.5 Å². The minimum atomic E-state index is -0.0375. The summed E-state index contributed by atoms with van der Waals surface area (Å²) in [4.78, 5) is 23.2. The van der Waals surface area contributed by atoms with Gasteiger partial charge in [0.25, 0.3) is 5.91 Å². The number of fused-ring (bicyclic) bond motifs is 1. The number of amides is 1. The van der Waals surface area contributed by atoms with Crippen LogP contribution in [-0.4, -0.2) is 47.1 Å². The Morgan fingerprint density at radius 3 is 2.73 bits per heavy atom. The summed E-state index contributed by atoms with van der Waals surface area (Å²) < 4.78 is 11.1. The quantitative estimate of drug-likeness (QED) is 0.913. The third-order valence-corrected chi connectivity index (χ3v) is 4.74. The smallest absolute Gasteiger partial charge is 0.272 e. The minimum Gasteiger partial charge on any atom is -0.486 e. The molecular weight excluding hydrogens is 332 g/mol. The zero-order valence-electron chi connectivity index (χ0n) is 14.8. The average molecular weight is 354 g/mol. The van der Waals surface area contributed by atoms with E-state index in [9.17, 15) is 4.79 Å². The highest BCUT2D eigenvalue weighted by atomic mass is 16.6. The highest BCUT2D eigenvalue weighted by Gasteiger charge is 2.22. The normalized spacial score (nSPS) is 17.0. The number of nitrogens with zero attached hydrogens (tertiary/aromatic N) is 3. The van der Waals surface area contributed by atoms with Gasteiger partial charge in [-0.15, -0.1) is 0 Å². The van der Waals surface area contributed by atoms with Gasteiger partial charge in [0.2, 0.25) is 5.95 Å². The number of hydrogen-bond acceptors (Lipinski definition) is 6. The number of anilines is 2. The monoisotopic (exact) mass is 354 g/mol. The Labute approximate surface area is 152 Å². The van der Waals surface area contributed by atoms with Crippen LogP contribution in [0.4, 0.5) is 11.6 Å². The van der Waals surface area contributed by atoms with Gasteiger partial charge in [-0.1, -0.05) is 6.92 Å². The highest BCUT2D eigenvalue weighted by molar-refractivity contribution is 5.92. The lowest BCUT2D eigenvalue weighted by molar-refractivity contribution is 0.0691. The first kappa shape index (κ1) is 16.6. The summed E-state index contributed by atoms with van der Waals surface area (Å²) in [6, 6.07) is 7.23. The molecule has 1 aromatic heterocycles. The molecule has 1 aromatic carbocycles. The molecule has 1 amide bonds. The van der Waals surface area contributed by atoms with Crippen molar-refractivity contribution in [1.82, 2.24) is 14.9 Å². The molecule has 1 N–H and O–H groups in total. The molecule has 7 nitrogen and oxygen atoms in total. The number of ether oxygens (including phenoxy) is 2. The summed E-state index contributed by atoms with van der Waals surface area (Å²) in [7, 11) is 0. The molecule has 2 aromatic rings. The van der Waals surface area contributed by atoms with Crippen molar-refractivity contribution in [1.29, 1.82) is 0 Å². The number of piperidine rings is 1. The third kappa shape index (κ3) is 3.56. The summed E-state index contributed by atoms with van der Waals surface area (Å²) >= 11 is 0. The number of carbonyl (C=O) groups is 1. The van der Waals surface area contributed by atoms with E-state index in [1.54, 1.807) is 12.3 Å². The van der Waals surface area contributed by atoms with Gasteiger partial charge in [-0.3, -0.25) is 4.79 Å². The van der Waals surface area contributed by atoms with Crippen LogP contribution >= 0.6 is 0 Å². The van der Waals surface area contributed by atoms with Crippen molar-refractivity contribution in [3.63, 3.8) is 0 Å². The van der Waals surface area contributed by atoms with Crippen LogP contribution in [0.1, 0.15) is 30.3 Å². The van der Waals surface area contributed by atoms with E-state index in [-0.39, 0.29) is 5.91 Å². The van der Waals surface area contributed by atoms with E-state index < -0.39 is 0 Å². The molecule has 7 heteroatoms. The Kier molecular flexibility index (Phi) is 4.60. The Balaban J connectivity index is 1.48. The molecule has 0 atom stereocenters. The Morgan fingerprint density at radius 2 is 1.92 bits per heavy atom. The van der Waals surface area contributed by atoms with Crippen molar-refractivity contribution < 1.29 is 14.3 Å². The van der Waals surface area contributed by atoms with E-state index in [1.165, 1.54) is 0 Å².